The van der Waals surface area contributed by atoms with Crippen molar-refractivity contribution in [2.24, 2.45) is 5.11 Å². The number of nitrogens with zero attached hydrogens (tertiary/aromatic N) is 2. The van der Waals surface area contributed by atoms with Gasteiger partial charge in [-0.3, -0.25) is 0 Å². The van der Waals surface area contributed by atoms with Crippen LogP contribution < -0.4 is 5.73 Å². The number of anilines is 1. The summed E-state index contributed by atoms with van der Waals surface area (Å²) in [7, 11) is 0. The highest BCUT2D eigenvalue weighted by Crippen LogP contribution is 2.39. The molecule has 0 unspecified atom stereocenters. The number of aryl methyl sites for hydroxylation is 1. The normalized spacial score (nSPS) is 13.7. The summed E-state index contributed by atoms with van der Waals surface area (Å²) in [5.74, 6) is 0.239. The van der Waals surface area contributed by atoms with E-state index in [-0.39, 0.29) is 5.75 Å². The Kier molecular flexibility index (Phi) is 3.41. The molecule has 0 bridgehead atoms. The largest absolute Gasteiger partial charge is 0.508 e. The maximum Gasteiger partial charge on any atom is 0.115 e. The number of nitrogens with two attached hydrogens (primary N) is 1. The lowest BCUT2D eigenvalue weighted by Gasteiger charge is -2.22. The second kappa shape index (κ2) is 5.60. The van der Waals surface area contributed by atoms with Gasteiger partial charge in [0.15, 0.2) is 0 Å². The third-order valence-corrected chi connectivity index (χ3v) is 4.76. The number of phenolic OH excluding ortho intramolecular Hbond substituents is 1. The summed E-state index contributed by atoms with van der Waals surface area (Å²) in [6, 6.07) is 10.9. The summed E-state index contributed by atoms with van der Waals surface area (Å²) >= 11 is 0. The van der Waals surface area contributed by atoms with Crippen LogP contribution in [0.15, 0.2) is 41.5 Å². The van der Waals surface area contributed by atoms with Gasteiger partial charge in [-0.2, -0.15) is 5.11 Å². The number of pyridine rings is 1. The molecule has 0 fully saturated rings. The minimum Gasteiger partial charge on any atom is -0.508 e. The van der Waals surface area contributed by atoms with Crippen molar-refractivity contribution in [2.75, 3.05) is 5.73 Å². The number of fused-ring (bicyclic) bond motifs is 3. The van der Waals surface area contributed by atoms with Crippen LogP contribution in [0, 0.1) is 5.53 Å². The number of phenols is 1. The predicted octanol–water partition coefficient (Wildman–Crippen LogP) is 4.73. The van der Waals surface area contributed by atoms with Gasteiger partial charge in [0.1, 0.15) is 11.4 Å². The molecule has 4 N–H and O–H groups in total. The first-order valence-electron chi connectivity index (χ1n) is 8.10. The Labute approximate surface area is 139 Å². The number of nitrogens with one attached hydrogen (secondary N) is 1. The molecule has 120 valence electrons. The van der Waals surface area contributed by atoms with Gasteiger partial charge >= 0.3 is 0 Å². The number of hydrogen-bond acceptors (Lipinski definition) is 5. The molecule has 24 heavy (non-hydrogen) atoms. The number of rotatable bonds is 2. The van der Waals surface area contributed by atoms with Crippen LogP contribution in [0.5, 0.6) is 5.75 Å². The lowest BCUT2D eigenvalue weighted by atomic mass is 9.86. The number of benzene rings is 2. The molecule has 5 nitrogen and oxygen atoms in total. The van der Waals surface area contributed by atoms with Crippen molar-refractivity contribution in [3.05, 3.63) is 47.5 Å². The van der Waals surface area contributed by atoms with E-state index in [9.17, 15) is 5.11 Å². The minimum absolute atomic E-state index is 0.239. The number of aromatic hydroxyl groups is 1. The highest BCUT2D eigenvalue weighted by atomic mass is 16.3. The monoisotopic (exact) mass is 318 g/mol. The van der Waals surface area contributed by atoms with Crippen LogP contribution in [0.25, 0.3) is 22.2 Å². The lowest BCUT2D eigenvalue weighted by Crippen LogP contribution is -2.08. The van der Waals surface area contributed by atoms with E-state index in [4.69, 9.17) is 16.2 Å². The van der Waals surface area contributed by atoms with Crippen molar-refractivity contribution in [1.82, 2.24) is 4.98 Å². The maximum atomic E-state index is 9.55. The molecule has 1 aromatic heterocycles. The van der Waals surface area contributed by atoms with Crippen molar-refractivity contribution >= 4 is 22.3 Å². The smallest absolute Gasteiger partial charge is 0.115 e. The van der Waals surface area contributed by atoms with Gasteiger partial charge in [0.25, 0.3) is 0 Å². The highest BCUT2D eigenvalue weighted by molar-refractivity contribution is 5.99. The van der Waals surface area contributed by atoms with Crippen LogP contribution in [0.4, 0.5) is 11.4 Å². The van der Waals surface area contributed by atoms with Crippen LogP contribution in [-0.2, 0) is 12.8 Å². The van der Waals surface area contributed by atoms with Crippen molar-refractivity contribution in [2.45, 2.75) is 25.7 Å². The zero-order valence-corrected chi connectivity index (χ0v) is 13.2. The third kappa shape index (κ3) is 2.21. The molecule has 5 heteroatoms. The van der Waals surface area contributed by atoms with Gasteiger partial charge < -0.3 is 10.8 Å². The number of nitrogen functional groups attached to an aromatic ring is 1. The molecule has 1 aliphatic rings. The van der Waals surface area contributed by atoms with E-state index in [1.807, 2.05) is 18.2 Å². The molecule has 0 saturated carbocycles. The first kappa shape index (κ1) is 14.6. The summed E-state index contributed by atoms with van der Waals surface area (Å²) in [5.41, 5.74) is 19.6. The van der Waals surface area contributed by atoms with Crippen LogP contribution >= 0.6 is 0 Å². The maximum absolute atomic E-state index is 9.55. The molecule has 0 saturated heterocycles. The molecule has 0 radical (unpaired) electrons. The van der Waals surface area contributed by atoms with E-state index in [1.165, 1.54) is 11.1 Å². The summed E-state index contributed by atoms with van der Waals surface area (Å²) in [6.45, 7) is 0. The topological polar surface area (TPSA) is 95.3 Å². The van der Waals surface area contributed by atoms with Gasteiger partial charge in [-0.1, -0.05) is 6.07 Å². The number of hydrogen-bond donors (Lipinski definition) is 3. The van der Waals surface area contributed by atoms with E-state index in [0.717, 1.165) is 42.3 Å². The van der Waals surface area contributed by atoms with Gasteiger partial charge in [-0.05, 0) is 67.1 Å². The fraction of sp³-hybridized carbons (Fsp3) is 0.211. The van der Waals surface area contributed by atoms with E-state index in [2.05, 4.69) is 5.11 Å². The van der Waals surface area contributed by atoms with E-state index >= 15 is 0 Å². The number of aromatic nitrogens is 1. The fourth-order valence-electron chi connectivity index (χ4n) is 3.56. The zero-order valence-electron chi connectivity index (χ0n) is 13.2. The molecule has 1 aliphatic carbocycles. The SMILES string of the molecule is N=Nc1ccc2c3c(c(-c4ccc(O)cc4)nc2c1N)CCCC3. The fourth-order valence-corrected chi connectivity index (χ4v) is 3.56. The molecule has 2 aromatic carbocycles. The first-order valence-corrected chi connectivity index (χ1v) is 8.10. The van der Waals surface area contributed by atoms with Crippen LogP contribution in [0.2, 0.25) is 0 Å². The van der Waals surface area contributed by atoms with Crippen LogP contribution in [0.3, 0.4) is 0 Å². The van der Waals surface area contributed by atoms with Gasteiger partial charge in [0.2, 0.25) is 0 Å². The molecule has 0 atom stereocenters. The Morgan fingerprint density at radius 3 is 2.42 bits per heavy atom. The van der Waals surface area contributed by atoms with Crippen LogP contribution in [0.1, 0.15) is 24.0 Å². The Morgan fingerprint density at radius 1 is 1.00 bits per heavy atom. The van der Waals surface area contributed by atoms with Crippen molar-refractivity contribution in [1.29, 1.82) is 5.53 Å². The van der Waals surface area contributed by atoms with E-state index < -0.39 is 0 Å². The van der Waals surface area contributed by atoms with Gasteiger partial charge in [-0.25, -0.2) is 10.5 Å². The molecular weight excluding hydrogens is 300 g/mol. The molecular formula is C19H18N4O. The summed E-state index contributed by atoms with van der Waals surface area (Å²) < 4.78 is 0. The van der Waals surface area contributed by atoms with E-state index in [0.29, 0.717) is 16.9 Å². The molecule has 3 aromatic rings. The Morgan fingerprint density at radius 2 is 1.71 bits per heavy atom. The average Bonchev–Trinajstić information content (AvgIpc) is 2.62. The highest BCUT2D eigenvalue weighted by Gasteiger charge is 2.21. The van der Waals surface area contributed by atoms with Crippen LogP contribution in [-0.4, -0.2) is 10.1 Å². The Hall–Kier alpha value is -2.95. The second-order valence-electron chi connectivity index (χ2n) is 6.18. The molecule has 0 aliphatic heterocycles. The quantitative estimate of drug-likeness (QED) is 0.471. The van der Waals surface area contributed by atoms with Gasteiger partial charge in [0.05, 0.1) is 16.9 Å². The summed E-state index contributed by atoms with van der Waals surface area (Å²) in [4.78, 5) is 4.85. The Balaban J connectivity index is 2.07. The third-order valence-electron chi connectivity index (χ3n) is 4.76. The van der Waals surface area contributed by atoms with Gasteiger partial charge in [-0.15, -0.1) is 0 Å². The standard InChI is InChI=1S/C19H18N4O/c20-17-16(23-21)10-9-15-13-3-1-2-4-14(13)18(22-19(15)17)11-5-7-12(24)8-6-11/h5-10,21,24H,1-4,20H2. The minimum atomic E-state index is 0.239. The Bertz CT molecular complexity index is 948. The lowest BCUT2D eigenvalue weighted by molar-refractivity contribution is 0.475. The van der Waals surface area contributed by atoms with Gasteiger partial charge in [0, 0.05) is 10.9 Å². The molecule has 0 amide bonds. The average molecular weight is 318 g/mol. The molecule has 0 spiro atoms. The second-order valence-corrected chi connectivity index (χ2v) is 6.18. The summed E-state index contributed by atoms with van der Waals surface area (Å²) in [6.07, 6.45) is 4.32. The predicted molar refractivity (Wildman–Crippen MR) is 94.7 cm³/mol. The van der Waals surface area contributed by atoms with E-state index in [1.54, 1.807) is 18.2 Å². The van der Waals surface area contributed by atoms with Crippen molar-refractivity contribution < 1.29 is 5.11 Å². The zero-order chi connectivity index (χ0) is 16.7. The molecule has 4 rings (SSSR count). The van der Waals surface area contributed by atoms with Crippen molar-refractivity contribution in [3.63, 3.8) is 0 Å². The van der Waals surface area contributed by atoms with Crippen molar-refractivity contribution in [3.8, 4) is 17.0 Å². The summed E-state index contributed by atoms with van der Waals surface area (Å²) in [5, 5.41) is 14.1. The first-order chi connectivity index (χ1) is 11.7. The molecule has 1 heterocycles.